The van der Waals surface area contributed by atoms with Crippen molar-refractivity contribution >= 4 is 11.4 Å². The number of ether oxygens (including phenoxy) is 1. The van der Waals surface area contributed by atoms with Crippen molar-refractivity contribution in [1.29, 1.82) is 0 Å². The number of amides is 1. The number of carbonyl (C=O) groups is 1. The summed E-state index contributed by atoms with van der Waals surface area (Å²) in [5.41, 5.74) is 1.73. The van der Waals surface area contributed by atoms with E-state index in [1.807, 2.05) is 52.9 Å². The lowest BCUT2D eigenvalue weighted by Crippen LogP contribution is -2.30. The Hall–Kier alpha value is -2.89. The number of hydrogen-bond donors (Lipinski definition) is 0. The Morgan fingerprint density at radius 2 is 2.25 bits per heavy atom. The Balaban J connectivity index is 1.45. The Kier molecular flexibility index (Phi) is 3.65. The summed E-state index contributed by atoms with van der Waals surface area (Å²) in [7, 11) is 0. The maximum Gasteiger partial charge on any atom is 0.255 e. The lowest BCUT2D eigenvalue weighted by atomic mass is 10.3. The zero-order valence-corrected chi connectivity index (χ0v) is 13.4. The van der Waals surface area contributed by atoms with Crippen LogP contribution in [0.25, 0.3) is 5.52 Å². The zero-order valence-electron chi connectivity index (χ0n) is 13.4. The molecule has 0 spiro atoms. The average molecular weight is 322 g/mol. The van der Waals surface area contributed by atoms with E-state index >= 15 is 0 Å². The largest absolute Gasteiger partial charge is 0.472 e. The highest BCUT2D eigenvalue weighted by Gasteiger charge is 2.29. The van der Waals surface area contributed by atoms with E-state index in [0.29, 0.717) is 30.4 Å². The van der Waals surface area contributed by atoms with Gasteiger partial charge < -0.3 is 14.0 Å². The van der Waals surface area contributed by atoms with Crippen LogP contribution in [0.4, 0.5) is 0 Å². The number of nitrogens with zero attached hydrogens (tertiary/aromatic N) is 4. The monoisotopic (exact) mass is 322 g/mol. The highest BCUT2D eigenvalue weighted by molar-refractivity contribution is 5.95. The van der Waals surface area contributed by atoms with E-state index in [1.54, 1.807) is 12.3 Å². The van der Waals surface area contributed by atoms with Crippen molar-refractivity contribution in [3.8, 4) is 5.88 Å². The number of aryl methyl sites for hydroxylation is 1. The van der Waals surface area contributed by atoms with Gasteiger partial charge in [-0.05, 0) is 25.1 Å². The number of likely N-dealkylation sites (tertiary alicyclic amines) is 1. The van der Waals surface area contributed by atoms with Crippen LogP contribution in [-0.4, -0.2) is 44.4 Å². The van der Waals surface area contributed by atoms with E-state index in [0.717, 1.165) is 11.9 Å². The fraction of sp³-hybridized carbons (Fsp3) is 0.278. The van der Waals surface area contributed by atoms with E-state index in [2.05, 4.69) is 9.97 Å². The highest BCUT2D eigenvalue weighted by atomic mass is 16.5. The van der Waals surface area contributed by atoms with E-state index in [1.165, 1.54) is 0 Å². The van der Waals surface area contributed by atoms with Gasteiger partial charge in [0.15, 0.2) is 0 Å². The second-order valence-corrected chi connectivity index (χ2v) is 5.98. The van der Waals surface area contributed by atoms with Crippen molar-refractivity contribution in [3.63, 3.8) is 0 Å². The van der Waals surface area contributed by atoms with Crippen molar-refractivity contribution in [2.24, 2.45) is 0 Å². The Bertz CT molecular complexity index is 856. The molecule has 1 aliphatic heterocycles. The molecule has 6 heteroatoms. The maximum absolute atomic E-state index is 12.7. The molecule has 1 fully saturated rings. The Morgan fingerprint density at radius 1 is 1.33 bits per heavy atom. The molecule has 0 aliphatic carbocycles. The molecule has 3 aromatic rings. The van der Waals surface area contributed by atoms with Crippen LogP contribution in [0.3, 0.4) is 0 Å². The molecule has 0 aromatic carbocycles. The van der Waals surface area contributed by atoms with Gasteiger partial charge in [0, 0.05) is 43.1 Å². The van der Waals surface area contributed by atoms with Crippen molar-refractivity contribution in [2.75, 3.05) is 13.1 Å². The number of pyridine rings is 1. The average Bonchev–Trinajstić information content (AvgIpc) is 3.20. The summed E-state index contributed by atoms with van der Waals surface area (Å²) in [4.78, 5) is 22.9. The van der Waals surface area contributed by atoms with Crippen LogP contribution in [-0.2, 0) is 0 Å². The van der Waals surface area contributed by atoms with Crippen LogP contribution in [0.1, 0.15) is 22.6 Å². The first kappa shape index (κ1) is 14.7. The van der Waals surface area contributed by atoms with Crippen molar-refractivity contribution in [3.05, 3.63) is 60.3 Å². The van der Waals surface area contributed by atoms with Crippen LogP contribution >= 0.6 is 0 Å². The van der Waals surface area contributed by atoms with Gasteiger partial charge in [0.25, 0.3) is 5.91 Å². The summed E-state index contributed by atoms with van der Waals surface area (Å²) >= 11 is 0. The summed E-state index contributed by atoms with van der Waals surface area (Å²) in [6.07, 6.45) is 6.28. The van der Waals surface area contributed by atoms with Crippen LogP contribution in [0.2, 0.25) is 0 Å². The molecule has 0 radical (unpaired) electrons. The normalized spacial score (nSPS) is 17.4. The van der Waals surface area contributed by atoms with E-state index < -0.39 is 0 Å². The van der Waals surface area contributed by atoms with Crippen molar-refractivity contribution in [1.82, 2.24) is 19.3 Å². The minimum Gasteiger partial charge on any atom is -0.472 e. The van der Waals surface area contributed by atoms with Gasteiger partial charge in [-0.1, -0.05) is 6.07 Å². The highest BCUT2D eigenvalue weighted by Crippen LogP contribution is 2.19. The molecule has 1 unspecified atom stereocenters. The molecule has 4 heterocycles. The molecule has 6 nitrogen and oxygen atoms in total. The second-order valence-electron chi connectivity index (χ2n) is 5.98. The fourth-order valence-corrected chi connectivity index (χ4v) is 3.03. The fourth-order valence-electron chi connectivity index (χ4n) is 3.03. The molecular weight excluding hydrogens is 304 g/mol. The van der Waals surface area contributed by atoms with E-state index in [9.17, 15) is 4.79 Å². The molecule has 1 saturated heterocycles. The standard InChI is InChI=1S/C18H18N4O2/c1-13-19-7-5-17(20-13)24-16-6-9-22(12-16)18(23)14-10-15-4-2-3-8-21(15)11-14/h2-5,7-8,10-11,16H,6,9,12H2,1H3. The molecule has 1 amide bonds. The third-order valence-electron chi connectivity index (χ3n) is 4.22. The van der Waals surface area contributed by atoms with Gasteiger partial charge in [-0.15, -0.1) is 0 Å². The van der Waals surface area contributed by atoms with E-state index in [4.69, 9.17) is 4.74 Å². The maximum atomic E-state index is 12.7. The number of hydrogen-bond acceptors (Lipinski definition) is 4. The molecule has 3 aromatic heterocycles. The molecule has 24 heavy (non-hydrogen) atoms. The molecule has 0 N–H and O–H groups in total. The second kappa shape index (κ2) is 5.96. The molecule has 0 bridgehead atoms. The summed E-state index contributed by atoms with van der Waals surface area (Å²) in [5.74, 6) is 1.29. The molecule has 0 saturated carbocycles. The SMILES string of the molecule is Cc1nccc(OC2CCN(C(=O)c3cc4ccccn4c3)C2)n1. The Labute approximate surface area is 139 Å². The first-order valence-corrected chi connectivity index (χ1v) is 8.01. The lowest BCUT2D eigenvalue weighted by molar-refractivity contribution is 0.0771. The van der Waals surface area contributed by atoms with Crippen LogP contribution < -0.4 is 4.74 Å². The van der Waals surface area contributed by atoms with Crippen LogP contribution in [0.15, 0.2) is 48.9 Å². The number of fused-ring (bicyclic) bond motifs is 1. The van der Waals surface area contributed by atoms with Gasteiger partial charge in [0.05, 0.1) is 12.1 Å². The first-order valence-electron chi connectivity index (χ1n) is 8.01. The number of carbonyl (C=O) groups excluding carboxylic acids is 1. The van der Waals surface area contributed by atoms with Crippen molar-refractivity contribution < 1.29 is 9.53 Å². The third-order valence-corrected chi connectivity index (χ3v) is 4.22. The number of rotatable bonds is 3. The minimum absolute atomic E-state index is 0.0275. The first-order chi connectivity index (χ1) is 11.7. The predicted octanol–water partition coefficient (Wildman–Crippen LogP) is 2.33. The lowest BCUT2D eigenvalue weighted by Gasteiger charge is -2.16. The predicted molar refractivity (Wildman–Crippen MR) is 89.1 cm³/mol. The van der Waals surface area contributed by atoms with Crippen molar-refractivity contribution in [2.45, 2.75) is 19.4 Å². The van der Waals surface area contributed by atoms with Crippen LogP contribution in [0.5, 0.6) is 5.88 Å². The number of aromatic nitrogens is 3. The van der Waals surface area contributed by atoms with Gasteiger partial charge in [-0.25, -0.2) is 4.98 Å². The van der Waals surface area contributed by atoms with Gasteiger partial charge >= 0.3 is 0 Å². The minimum atomic E-state index is -0.0275. The van der Waals surface area contributed by atoms with Crippen LogP contribution in [0, 0.1) is 6.92 Å². The smallest absolute Gasteiger partial charge is 0.255 e. The summed E-state index contributed by atoms with van der Waals surface area (Å²) in [6, 6.07) is 9.57. The van der Waals surface area contributed by atoms with Gasteiger partial charge in [0.2, 0.25) is 5.88 Å². The van der Waals surface area contributed by atoms with Gasteiger partial charge in [-0.2, -0.15) is 4.98 Å². The van der Waals surface area contributed by atoms with E-state index in [-0.39, 0.29) is 12.0 Å². The zero-order chi connectivity index (χ0) is 16.5. The van der Waals surface area contributed by atoms with Gasteiger partial charge in [-0.3, -0.25) is 4.79 Å². The molecular formula is C18H18N4O2. The van der Waals surface area contributed by atoms with Gasteiger partial charge in [0.1, 0.15) is 11.9 Å². The summed E-state index contributed by atoms with van der Waals surface area (Å²) in [6.45, 7) is 3.10. The summed E-state index contributed by atoms with van der Waals surface area (Å²) < 4.78 is 7.84. The third kappa shape index (κ3) is 2.82. The quantitative estimate of drug-likeness (QED) is 0.742. The Morgan fingerprint density at radius 3 is 3.08 bits per heavy atom. The molecule has 1 aliphatic rings. The summed E-state index contributed by atoms with van der Waals surface area (Å²) in [5, 5.41) is 0. The molecule has 1 atom stereocenters. The molecule has 4 rings (SSSR count). The topological polar surface area (TPSA) is 59.7 Å². The molecule has 122 valence electrons.